The molecule has 0 aliphatic heterocycles. The molecule has 2 N–H and O–H groups in total. The van der Waals surface area contributed by atoms with Gasteiger partial charge in [-0.3, -0.25) is 5.43 Å². The minimum atomic E-state index is -0.295. The number of anilines is 1. The van der Waals surface area contributed by atoms with Crippen molar-refractivity contribution in [2.45, 2.75) is 6.92 Å². The highest BCUT2D eigenvalue weighted by molar-refractivity contribution is 6.10. The van der Waals surface area contributed by atoms with Crippen LogP contribution < -0.4 is 5.43 Å². The first-order valence-corrected chi connectivity index (χ1v) is 4.11. The molecule has 0 saturated carbocycles. The zero-order chi connectivity index (χ0) is 11.3. The van der Waals surface area contributed by atoms with E-state index in [-0.39, 0.29) is 11.5 Å². The molecule has 0 bridgehead atoms. The van der Waals surface area contributed by atoms with Gasteiger partial charge in [0.15, 0.2) is 0 Å². The number of rotatable bonds is 2. The van der Waals surface area contributed by atoms with Crippen LogP contribution in [0.15, 0.2) is 23.3 Å². The van der Waals surface area contributed by atoms with Crippen LogP contribution in [-0.4, -0.2) is 10.8 Å². The Balaban J connectivity index is 2.92. The normalized spacial score (nSPS) is 8.47. The smallest absolute Gasteiger partial charge is 0.237 e. The molecule has 0 amide bonds. The van der Waals surface area contributed by atoms with Crippen molar-refractivity contribution < 1.29 is 5.11 Å². The van der Waals surface area contributed by atoms with E-state index in [9.17, 15) is 5.11 Å². The summed E-state index contributed by atoms with van der Waals surface area (Å²) < 4.78 is 0. The molecule has 0 atom stereocenters. The Bertz CT molecular complexity index is 463. The molecular formula is C10H8N4O. The highest BCUT2D eigenvalue weighted by atomic mass is 16.3. The van der Waals surface area contributed by atoms with E-state index in [1.54, 1.807) is 24.3 Å². The first-order chi connectivity index (χ1) is 7.17. The average Bonchev–Trinajstić information content (AvgIpc) is 2.24. The first-order valence-electron chi connectivity index (χ1n) is 4.11. The van der Waals surface area contributed by atoms with Crippen molar-refractivity contribution in [2.24, 2.45) is 5.10 Å². The molecule has 0 unspecified atom stereocenters. The molecule has 0 aliphatic carbocycles. The number of hydrogen-bond acceptors (Lipinski definition) is 5. The predicted molar refractivity (Wildman–Crippen MR) is 55.1 cm³/mol. The van der Waals surface area contributed by atoms with Gasteiger partial charge in [0, 0.05) is 0 Å². The lowest BCUT2D eigenvalue weighted by molar-refractivity contribution is 0.477. The van der Waals surface area contributed by atoms with Crippen LogP contribution in [0.25, 0.3) is 0 Å². The van der Waals surface area contributed by atoms with Crippen molar-refractivity contribution in [3.8, 4) is 17.9 Å². The van der Waals surface area contributed by atoms with Gasteiger partial charge in [0.25, 0.3) is 0 Å². The molecule has 0 aliphatic rings. The molecule has 0 aromatic heterocycles. The summed E-state index contributed by atoms with van der Waals surface area (Å²) in [6.07, 6.45) is 0. The second kappa shape index (κ2) is 4.64. The zero-order valence-corrected chi connectivity index (χ0v) is 8.02. The topological polar surface area (TPSA) is 92.2 Å². The summed E-state index contributed by atoms with van der Waals surface area (Å²) in [5.41, 5.74) is 3.44. The number of nitrogens with zero attached hydrogens (tertiary/aromatic N) is 3. The van der Waals surface area contributed by atoms with Gasteiger partial charge in [-0.1, -0.05) is 6.07 Å². The largest absolute Gasteiger partial charge is 0.506 e. The van der Waals surface area contributed by atoms with E-state index in [4.69, 9.17) is 10.5 Å². The Labute approximate surface area is 86.9 Å². The fraction of sp³-hybridized carbons (Fsp3) is 0.100. The van der Waals surface area contributed by atoms with E-state index in [0.29, 0.717) is 5.69 Å². The molecule has 1 aromatic rings. The zero-order valence-electron chi connectivity index (χ0n) is 8.02. The Kier molecular flexibility index (Phi) is 3.26. The van der Waals surface area contributed by atoms with Crippen molar-refractivity contribution in [3.63, 3.8) is 0 Å². The van der Waals surface area contributed by atoms with E-state index in [2.05, 4.69) is 10.5 Å². The van der Waals surface area contributed by atoms with Crippen LogP contribution in [0.3, 0.4) is 0 Å². The van der Waals surface area contributed by atoms with Gasteiger partial charge in [0.1, 0.15) is 17.9 Å². The molecule has 74 valence electrons. The monoisotopic (exact) mass is 200 g/mol. The first kappa shape index (κ1) is 10.6. The molecular weight excluding hydrogens is 192 g/mol. The minimum absolute atomic E-state index is 0.0135. The number of phenolic OH excluding ortho intramolecular Hbond substituents is 1. The van der Waals surface area contributed by atoms with Gasteiger partial charge in [0.05, 0.1) is 5.69 Å². The van der Waals surface area contributed by atoms with Gasteiger partial charge in [-0.25, -0.2) is 0 Å². The van der Waals surface area contributed by atoms with Gasteiger partial charge < -0.3 is 5.11 Å². The number of nitriles is 2. The molecule has 0 saturated heterocycles. The molecule has 0 heterocycles. The third-order valence-corrected chi connectivity index (χ3v) is 1.65. The summed E-state index contributed by atoms with van der Waals surface area (Å²) in [6, 6.07) is 8.10. The number of benzene rings is 1. The summed E-state index contributed by atoms with van der Waals surface area (Å²) >= 11 is 0. The van der Waals surface area contributed by atoms with E-state index in [1.165, 1.54) is 6.07 Å². The van der Waals surface area contributed by atoms with Crippen molar-refractivity contribution in [2.75, 3.05) is 5.43 Å². The van der Waals surface area contributed by atoms with Crippen LogP contribution in [0.1, 0.15) is 5.56 Å². The van der Waals surface area contributed by atoms with E-state index in [0.717, 1.165) is 5.56 Å². The Morgan fingerprint density at radius 1 is 1.40 bits per heavy atom. The second-order valence-corrected chi connectivity index (χ2v) is 2.82. The highest BCUT2D eigenvalue weighted by Crippen LogP contribution is 2.23. The van der Waals surface area contributed by atoms with Crippen LogP contribution in [0.4, 0.5) is 5.69 Å². The third kappa shape index (κ3) is 2.71. The van der Waals surface area contributed by atoms with E-state index < -0.39 is 0 Å². The van der Waals surface area contributed by atoms with Gasteiger partial charge in [-0.15, -0.1) is 0 Å². The Morgan fingerprint density at radius 3 is 2.67 bits per heavy atom. The summed E-state index contributed by atoms with van der Waals surface area (Å²) in [5.74, 6) is 0.0135. The second-order valence-electron chi connectivity index (χ2n) is 2.82. The third-order valence-electron chi connectivity index (χ3n) is 1.65. The van der Waals surface area contributed by atoms with Crippen LogP contribution in [0.2, 0.25) is 0 Å². The van der Waals surface area contributed by atoms with Crippen molar-refractivity contribution in [3.05, 3.63) is 23.8 Å². The van der Waals surface area contributed by atoms with E-state index in [1.807, 2.05) is 6.92 Å². The van der Waals surface area contributed by atoms with Gasteiger partial charge in [-0.2, -0.15) is 15.6 Å². The summed E-state index contributed by atoms with van der Waals surface area (Å²) in [6.45, 7) is 1.85. The fourth-order valence-electron chi connectivity index (χ4n) is 0.931. The fourth-order valence-corrected chi connectivity index (χ4v) is 0.931. The number of hydrazone groups is 1. The summed E-state index contributed by atoms with van der Waals surface area (Å²) in [7, 11) is 0. The molecule has 0 fully saturated rings. The number of aryl methyl sites for hydroxylation is 1. The molecule has 0 spiro atoms. The SMILES string of the molecule is Cc1ccc(O)c(NN=C(C#N)C#N)c1. The lowest BCUT2D eigenvalue weighted by atomic mass is 10.2. The molecule has 1 rings (SSSR count). The quantitative estimate of drug-likeness (QED) is 0.430. The maximum absolute atomic E-state index is 9.40. The lowest BCUT2D eigenvalue weighted by Gasteiger charge is -2.03. The molecule has 0 radical (unpaired) electrons. The van der Waals surface area contributed by atoms with Gasteiger partial charge in [-0.05, 0) is 24.6 Å². The minimum Gasteiger partial charge on any atom is -0.506 e. The number of nitrogens with one attached hydrogen (secondary N) is 1. The average molecular weight is 200 g/mol. The molecule has 15 heavy (non-hydrogen) atoms. The van der Waals surface area contributed by atoms with Crippen LogP contribution in [-0.2, 0) is 0 Å². The van der Waals surface area contributed by atoms with Gasteiger partial charge in [0.2, 0.25) is 5.71 Å². The van der Waals surface area contributed by atoms with E-state index >= 15 is 0 Å². The van der Waals surface area contributed by atoms with Crippen molar-refractivity contribution in [1.82, 2.24) is 0 Å². The summed E-state index contributed by atoms with van der Waals surface area (Å²) in [4.78, 5) is 0. The number of phenols is 1. The molecule has 5 nitrogen and oxygen atoms in total. The molecule has 1 aromatic carbocycles. The van der Waals surface area contributed by atoms with Gasteiger partial charge >= 0.3 is 0 Å². The molecule has 5 heteroatoms. The van der Waals surface area contributed by atoms with Crippen molar-refractivity contribution in [1.29, 1.82) is 10.5 Å². The van der Waals surface area contributed by atoms with Crippen LogP contribution >= 0.6 is 0 Å². The number of hydrogen-bond donors (Lipinski definition) is 2. The Hall–Kier alpha value is -2.53. The van der Waals surface area contributed by atoms with Crippen molar-refractivity contribution >= 4 is 11.4 Å². The maximum atomic E-state index is 9.40. The standard InChI is InChI=1S/C10H8N4O/c1-7-2-3-10(15)9(4-7)14-13-8(5-11)6-12/h2-4,14-15H,1H3. The predicted octanol–water partition coefficient (Wildman–Crippen LogP) is 1.52. The highest BCUT2D eigenvalue weighted by Gasteiger charge is 2.00. The summed E-state index contributed by atoms with van der Waals surface area (Å²) in [5, 5.41) is 29.8. The van der Waals surface area contributed by atoms with Crippen LogP contribution in [0.5, 0.6) is 5.75 Å². The Morgan fingerprint density at radius 2 is 2.07 bits per heavy atom. The lowest BCUT2D eigenvalue weighted by Crippen LogP contribution is -1.96. The van der Waals surface area contributed by atoms with Crippen LogP contribution in [0, 0.1) is 29.6 Å². The maximum Gasteiger partial charge on any atom is 0.237 e. The number of aromatic hydroxyl groups is 1.